The van der Waals surface area contributed by atoms with E-state index in [-0.39, 0.29) is 5.91 Å². The molecular formula is C21H33N3O4. The van der Waals surface area contributed by atoms with Crippen LogP contribution in [-0.4, -0.2) is 65.7 Å². The number of piperazine rings is 1. The van der Waals surface area contributed by atoms with Gasteiger partial charge in [0.05, 0.1) is 0 Å². The zero-order chi connectivity index (χ0) is 20.9. The molecule has 2 atom stereocenters. The minimum absolute atomic E-state index is 0.134. The van der Waals surface area contributed by atoms with Gasteiger partial charge >= 0.3 is 6.09 Å². The van der Waals surface area contributed by atoms with Crippen molar-refractivity contribution in [2.24, 2.45) is 0 Å². The molecule has 0 unspecified atom stereocenters. The van der Waals surface area contributed by atoms with E-state index in [2.05, 4.69) is 24.1 Å². The first-order valence-electron chi connectivity index (χ1n) is 9.79. The highest BCUT2D eigenvalue weighted by Gasteiger charge is 2.30. The van der Waals surface area contributed by atoms with E-state index < -0.39 is 11.7 Å². The molecular weight excluding hydrogens is 358 g/mol. The summed E-state index contributed by atoms with van der Waals surface area (Å²) in [6, 6.07) is 7.83. The Balaban J connectivity index is 1.79. The summed E-state index contributed by atoms with van der Waals surface area (Å²) in [7, 11) is 0. The normalized spacial score (nSPS) is 20.6. The van der Waals surface area contributed by atoms with Gasteiger partial charge in [0.2, 0.25) is 5.91 Å². The predicted octanol–water partition coefficient (Wildman–Crippen LogP) is 3.35. The molecule has 1 heterocycles. The van der Waals surface area contributed by atoms with E-state index in [1.54, 1.807) is 19.1 Å². The SMILES string of the molecule is CC(=O)N1C[C@@H](C)N(CCOc2ccc(NC(=O)OC(C)(C)C)cc2)[C@@H](C)C1. The van der Waals surface area contributed by atoms with Crippen molar-refractivity contribution in [1.29, 1.82) is 0 Å². The van der Waals surface area contributed by atoms with E-state index in [0.717, 1.165) is 25.4 Å². The first kappa shape index (κ1) is 22.0. The van der Waals surface area contributed by atoms with Crippen molar-refractivity contribution >= 4 is 17.7 Å². The largest absolute Gasteiger partial charge is 0.492 e. The highest BCUT2D eigenvalue weighted by molar-refractivity contribution is 5.84. The van der Waals surface area contributed by atoms with Gasteiger partial charge in [0, 0.05) is 44.3 Å². The average Bonchev–Trinajstić information content (AvgIpc) is 2.56. The van der Waals surface area contributed by atoms with Gasteiger partial charge in [-0.25, -0.2) is 4.79 Å². The number of hydrogen-bond acceptors (Lipinski definition) is 5. The Morgan fingerprint density at radius 2 is 1.68 bits per heavy atom. The molecule has 1 aromatic rings. The van der Waals surface area contributed by atoms with Gasteiger partial charge in [-0.2, -0.15) is 0 Å². The number of benzene rings is 1. The lowest BCUT2D eigenvalue weighted by molar-refractivity contribution is -0.133. The van der Waals surface area contributed by atoms with Gasteiger partial charge in [-0.05, 0) is 58.9 Å². The number of nitrogens with zero attached hydrogens (tertiary/aromatic N) is 2. The molecule has 0 radical (unpaired) electrons. The molecule has 0 saturated carbocycles. The van der Waals surface area contributed by atoms with E-state index in [4.69, 9.17) is 9.47 Å². The smallest absolute Gasteiger partial charge is 0.412 e. The Bertz CT molecular complexity index is 657. The van der Waals surface area contributed by atoms with E-state index in [9.17, 15) is 9.59 Å². The van der Waals surface area contributed by atoms with Crippen LogP contribution in [0.15, 0.2) is 24.3 Å². The second-order valence-electron chi connectivity index (χ2n) is 8.36. The maximum Gasteiger partial charge on any atom is 0.412 e. The van der Waals surface area contributed by atoms with Crippen molar-refractivity contribution in [3.05, 3.63) is 24.3 Å². The maximum absolute atomic E-state index is 11.8. The average molecular weight is 392 g/mol. The van der Waals surface area contributed by atoms with Gasteiger partial charge in [-0.15, -0.1) is 0 Å². The molecule has 1 aliphatic rings. The molecule has 1 saturated heterocycles. The number of nitrogens with one attached hydrogen (secondary N) is 1. The molecule has 1 aromatic carbocycles. The van der Waals surface area contributed by atoms with Gasteiger partial charge in [-0.1, -0.05) is 0 Å². The van der Waals surface area contributed by atoms with Crippen LogP contribution < -0.4 is 10.1 Å². The van der Waals surface area contributed by atoms with E-state index in [1.807, 2.05) is 37.8 Å². The Kier molecular flexibility index (Phi) is 7.29. The standard InChI is InChI=1S/C21H33N3O4/c1-15-13-23(17(3)25)14-16(2)24(15)11-12-27-19-9-7-18(8-10-19)22-20(26)28-21(4,5)6/h7-10,15-16H,11-14H2,1-6H3,(H,22,26)/t15-,16+. The topological polar surface area (TPSA) is 71.1 Å². The molecule has 156 valence electrons. The monoisotopic (exact) mass is 391 g/mol. The summed E-state index contributed by atoms with van der Waals surface area (Å²) in [4.78, 5) is 27.7. The highest BCUT2D eigenvalue weighted by atomic mass is 16.6. The highest BCUT2D eigenvalue weighted by Crippen LogP contribution is 2.19. The van der Waals surface area contributed by atoms with Crippen LogP contribution in [-0.2, 0) is 9.53 Å². The number of anilines is 1. The van der Waals surface area contributed by atoms with Gasteiger partial charge < -0.3 is 14.4 Å². The number of carbonyl (C=O) groups is 2. The maximum atomic E-state index is 11.8. The van der Waals surface area contributed by atoms with Crippen LogP contribution in [0, 0.1) is 0 Å². The lowest BCUT2D eigenvalue weighted by Gasteiger charge is -2.44. The first-order valence-corrected chi connectivity index (χ1v) is 9.79. The minimum atomic E-state index is -0.530. The van der Waals surface area contributed by atoms with E-state index >= 15 is 0 Å². The molecule has 1 N–H and O–H groups in total. The zero-order valence-electron chi connectivity index (χ0n) is 17.8. The van der Waals surface area contributed by atoms with Gasteiger partial charge in [-0.3, -0.25) is 15.0 Å². The fraction of sp³-hybridized carbons (Fsp3) is 0.619. The number of carbonyl (C=O) groups excluding carboxylic acids is 2. The van der Waals surface area contributed by atoms with E-state index in [0.29, 0.717) is 24.4 Å². The lowest BCUT2D eigenvalue weighted by atomic mass is 10.1. The number of rotatable bonds is 5. The van der Waals surface area contributed by atoms with Crippen LogP contribution in [0.25, 0.3) is 0 Å². The van der Waals surface area contributed by atoms with Gasteiger partial charge in [0.25, 0.3) is 0 Å². The van der Waals surface area contributed by atoms with Crippen molar-refractivity contribution in [1.82, 2.24) is 9.80 Å². The van der Waals surface area contributed by atoms with Crippen LogP contribution in [0.2, 0.25) is 0 Å². The Labute approximate surface area is 168 Å². The molecule has 2 rings (SSSR count). The Hall–Kier alpha value is -2.28. The van der Waals surface area contributed by atoms with Crippen LogP contribution >= 0.6 is 0 Å². The van der Waals surface area contributed by atoms with Crippen molar-refractivity contribution in [2.75, 3.05) is 31.6 Å². The fourth-order valence-corrected chi connectivity index (χ4v) is 3.38. The third-order valence-corrected chi connectivity index (χ3v) is 4.66. The van der Waals surface area contributed by atoms with Crippen LogP contribution in [0.1, 0.15) is 41.5 Å². The summed E-state index contributed by atoms with van der Waals surface area (Å²) < 4.78 is 11.1. The molecule has 0 bridgehead atoms. The number of ether oxygens (including phenoxy) is 2. The van der Waals surface area contributed by atoms with Crippen LogP contribution in [0.3, 0.4) is 0 Å². The van der Waals surface area contributed by atoms with Crippen molar-refractivity contribution in [3.8, 4) is 5.75 Å². The Morgan fingerprint density at radius 3 is 2.18 bits per heavy atom. The van der Waals surface area contributed by atoms with Crippen molar-refractivity contribution < 1.29 is 19.1 Å². The molecule has 1 aliphatic heterocycles. The molecule has 0 spiro atoms. The molecule has 28 heavy (non-hydrogen) atoms. The second-order valence-corrected chi connectivity index (χ2v) is 8.36. The summed E-state index contributed by atoms with van der Waals surface area (Å²) >= 11 is 0. The molecule has 2 amide bonds. The Morgan fingerprint density at radius 1 is 1.11 bits per heavy atom. The van der Waals surface area contributed by atoms with Crippen LogP contribution in [0.5, 0.6) is 5.75 Å². The van der Waals surface area contributed by atoms with E-state index in [1.165, 1.54) is 0 Å². The second kappa shape index (κ2) is 9.28. The van der Waals surface area contributed by atoms with Gasteiger partial charge in [0.15, 0.2) is 0 Å². The molecule has 7 heteroatoms. The molecule has 0 aromatic heterocycles. The summed E-state index contributed by atoms with van der Waals surface area (Å²) in [5.41, 5.74) is 0.126. The minimum Gasteiger partial charge on any atom is -0.492 e. The fourth-order valence-electron chi connectivity index (χ4n) is 3.38. The van der Waals surface area contributed by atoms with Gasteiger partial charge in [0.1, 0.15) is 18.0 Å². The summed E-state index contributed by atoms with van der Waals surface area (Å²) in [5.74, 6) is 0.882. The molecule has 1 fully saturated rings. The lowest BCUT2D eigenvalue weighted by Crippen LogP contribution is -2.58. The van der Waals surface area contributed by atoms with Crippen molar-refractivity contribution in [3.63, 3.8) is 0 Å². The summed E-state index contributed by atoms with van der Waals surface area (Å²) in [5, 5.41) is 2.70. The number of hydrogen-bond donors (Lipinski definition) is 1. The first-order chi connectivity index (χ1) is 13.0. The quantitative estimate of drug-likeness (QED) is 0.833. The zero-order valence-corrected chi connectivity index (χ0v) is 17.8. The summed E-state index contributed by atoms with van der Waals surface area (Å²) in [6.45, 7) is 14.3. The van der Waals surface area contributed by atoms with Crippen molar-refractivity contribution in [2.45, 2.75) is 59.2 Å². The third kappa shape index (κ3) is 6.71. The third-order valence-electron chi connectivity index (χ3n) is 4.66. The molecule has 0 aliphatic carbocycles. The summed E-state index contributed by atoms with van der Waals surface area (Å²) in [6.07, 6.45) is -0.478. The predicted molar refractivity (Wildman–Crippen MR) is 110 cm³/mol. The van der Waals surface area contributed by atoms with Crippen LogP contribution in [0.4, 0.5) is 10.5 Å². The number of amides is 2. The molecule has 7 nitrogen and oxygen atoms in total.